The van der Waals surface area contributed by atoms with Gasteiger partial charge in [0.25, 0.3) is 0 Å². The summed E-state index contributed by atoms with van der Waals surface area (Å²) in [7, 11) is 0. The number of aliphatic hydroxyl groups is 1. The highest BCUT2D eigenvalue weighted by Crippen LogP contribution is 2.32. The lowest BCUT2D eigenvalue weighted by Gasteiger charge is -2.06. The Morgan fingerprint density at radius 2 is 2.22 bits per heavy atom. The van der Waals surface area contributed by atoms with Crippen LogP contribution in [0.25, 0.3) is 0 Å². The molecule has 1 fully saturated rings. The maximum atomic E-state index is 13.6. The molecule has 2 rings (SSSR count). The first-order valence-corrected chi connectivity index (χ1v) is 6.31. The molecule has 0 bridgehead atoms. The van der Waals surface area contributed by atoms with Crippen LogP contribution in [0.3, 0.4) is 0 Å². The third-order valence-corrected chi connectivity index (χ3v) is 2.89. The quantitative estimate of drug-likeness (QED) is 0.812. The van der Waals surface area contributed by atoms with Crippen LogP contribution < -0.4 is 4.74 Å². The number of benzene rings is 1. The summed E-state index contributed by atoms with van der Waals surface area (Å²) in [5.41, 5.74) is 0.345. The fourth-order valence-electron chi connectivity index (χ4n) is 1.65. The molecule has 0 saturated heterocycles. The Morgan fingerprint density at radius 1 is 1.39 bits per heavy atom. The minimum absolute atomic E-state index is 0.00300. The second kappa shape index (κ2) is 6.42. The van der Waals surface area contributed by atoms with Gasteiger partial charge in [-0.2, -0.15) is 0 Å². The van der Waals surface area contributed by atoms with Gasteiger partial charge in [0.2, 0.25) is 0 Å². The van der Waals surface area contributed by atoms with E-state index in [1.54, 1.807) is 12.1 Å². The van der Waals surface area contributed by atoms with Crippen molar-refractivity contribution in [2.75, 3.05) is 13.2 Å². The van der Waals surface area contributed by atoms with Crippen molar-refractivity contribution in [2.45, 2.75) is 25.7 Å². The van der Waals surface area contributed by atoms with Gasteiger partial charge in [0.15, 0.2) is 0 Å². The molecule has 3 heteroatoms. The number of hydrogen-bond donors (Lipinski definition) is 1. The van der Waals surface area contributed by atoms with E-state index in [1.807, 2.05) is 0 Å². The minimum atomic E-state index is -0.371. The Balaban J connectivity index is 1.89. The fraction of sp³-hybridized carbons (Fsp3) is 0.467. The summed E-state index contributed by atoms with van der Waals surface area (Å²) < 4.78 is 19.1. The predicted molar refractivity (Wildman–Crippen MR) is 67.8 cm³/mol. The van der Waals surface area contributed by atoms with Crippen LogP contribution in [0.2, 0.25) is 0 Å². The Bertz CT molecular complexity index is 455. The van der Waals surface area contributed by atoms with Crippen LogP contribution in [0.15, 0.2) is 18.2 Å². The standard InChI is InChI=1S/C15H17FO2/c16-15-11-14(18-10-8-12-4-5-12)7-6-13(15)3-1-2-9-17/h6-7,11-12,17H,2,4-5,8-10H2. The molecule has 0 atom stereocenters. The van der Waals surface area contributed by atoms with E-state index in [1.165, 1.54) is 18.9 Å². The Morgan fingerprint density at radius 3 is 2.89 bits per heavy atom. The van der Waals surface area contributed by atoms with E-state index in [4.69, 9.17) is 9.84 Å². The van der Waals surface area contributed by atoms with Gasteiger partial charge in [-0.3, -0.25) is 0 Å². The largest absolute Gasteiger partial charge is 0.493 e. The zero-order valence-corrected chi connectivity index (χ0v) is 10.3. The van der Waals surface area contributed by atoms with Gasteiger partial charge in [-0.25, -0.2) is 4.39 Å². The molecule has 1 aliphatic rings. The summed E-state index contributed by atoms with van der Waals surface area (Å²) in [6, 6.07) is 4.72. The fourth-order valence-corrected chi connectivity index (χ4v) is 1.65. The van der Waals surface area contributed by atoms with E-state index >= 15 is 0 Å². The summed E-state index contributed by atoms with van der Waals surface area (Å²) >= 11 is 0. The van der Waals surface area contributed by atoms with Gasteiger partial charge in [0.1, 0.15) is 11.6 Å². The molecule has 1 aromatic rings. The summed E-state index contributed by atoms with van der Waals surface area (Å²) in [5, 5.41) is 8.59. The maximum absolute atomic E-state index is 13.6. The molecule has 0 aromatic heterocycles. The number of rotatable bonds is 5. The van der Waals surface area contributed by atoms with E-state index in [-0.39, 0.29) is 12.4 Å². The van der Waals surface area contributed by atoms with E-state index in [0.29, 0.717) is 24.3 Å². The molecular formula is C15H17FO2. The Hall–Kier alpha value is -1.53. The third kappa shape index (κ3) is 4.05. The summed E-state index contributed by atoms with van der Waals surface area (Å²) in [4.78, 5) is 0. The maximum Gasteiger partial charge on any atom is 0.142 e. The van der Waals surface area contributed by atoms with Crippen LogP contribution in [0, 0.1) is 23.6 Å². The van der Waals surface area contributed by atoms with Crippen LogP contribution in [0.1, 0.15) is 31.2 Å². The van der Waals surface area contributed by atoms with Crippen molar-refractivity contribution in [1.29, 1.82) is 0 Å². The van der Waals surface area contributed by atoms with Gasteiger partial charge in [0, 0.05) is 12.5 Å². The minimum Gasteiger partial charge on any atom is -0.493 e. The molecule has 96 valence electrons. The SMILES string of the molecule is OCCC#Cc1ccc(OCCC2CC2)cc1F. The molecule has 0 amide bonds. The van der Waals surface area contributed by atoms with E-state index < -0.39 is 0 Å². The topological polar surface area (TPSA) is 29.5 Å². The predicted octanol–water partition coefficient (Wildman–Crippen LogP) is 2.74. The van der Waals surface area contributed by atoms with Crippen molar-refractivity contribution in [1.82, 2.24) is 0 Å². The Labute approximate surface area is 107 Å². The first kappa shape index (κ1) is 12.9. The van der Waals surface area contributed by atoms with Gasteiger partial charge in [-0.05, 0) is 24.5 Å². The number of halogens is 1. The van der Waals surface area contributed by atoms with Gasteiger partial charge >= 0.3 is 0 Å². The molecule has 1 aromatic carbocycles. The number of hydrogen-bond acceptors (Lipinski definition) is 2. The average molecular weight is 248 g/mol. The van der Waals surface area contributed by atoms with Crippen LogP contribution in [-0.2, 0) is 0 Å². The molecular weight excluding hydrogens is 231 g/mol. The third-order valence-electron chi connectivity index (χ3n) is 2.89. The smallest absolute Gasteiger partial charge is 0.142 e. The lowest BCUT2D eigenvalue weighted by molar-refractivity contribution is 0.301. The highest BCUT2D eigenvalue weighted by molar-refractivity contribution is 5.39. The van der Waals surface area contributed by atoms with Crippen LogP contribution >= 0.6 is 0 Å². The van der Waals surface area contributed by atoms with Crippen molar-refractivity contribution >= 4 is 0 Å². The molecule has 0 spiro atoms. The highest BCUT2D eigenvalue weighted by atomic mass is 19.1. The molecule has 0 radical (unpaired) electrons. The van der Waals surface area contributed by atoms with E-state index in [9.17, 15) is 4.39 Å². The van der Waals surface area contributed by atoms with Gasteiger partial charge in [-0.15, -0.1) is 0 Å². The second-order valence-electron chi connectivity index (χ2n) is 4.50. The molecule has 0 unspecified atom stereocenters. The lowest BCUT2D eigenvalue weighted by atomic mass is 10.2. The number of ether oxygens (including phenoxy) is 1. The average Bonchev–Trinajstić information content (AvgIpc) is 3.16. The monoisotopic (exact) mass is 248 g/mol. The summed E-state index contributed by atoms with van der Waals surface area (Å²) in [6.07, 6.45) is 4.02. The van der Waals surface area contributed by atoms with E-state index in [0.717, 1.165) is 12.3 Å². The van der Waals surface area contributed by atoms with Gasteiger partial charge < -0.3 is 9.84 Å². The van der Waals surface area contributed by atoms with Gasteiger partial charge in [0.05, 0.1) is 18.8 Å². The van der Waals surface area contributed by atoms with Crippen LogP contribution in [0.5, 0.6) is 5.75 Å². The summed E-state index contributed by atoms with van der Waals surface area (Å²) in [6.45, 7) is 0.649. The zero-order chi connectivity index (χ0) is 12.8. The van der Waals surface area contributed by atoms with Crippen molar-refractivity contribution < 1.29 is 14.2 Å². The van der Waals surface area contributed by atoms with Crippen molar-refractivity contribution in [3.8, 4) is 17.6 Å². The normalized spacial score (nSPS) is 13.9. The molecule has 1 N–H and O–H groups in total. The van der Waals surface area contributed by atoms with Gasteiger partial charge in [-0.1, -0.05) is 24.7 Å². The molecule has 2 nitrogen and oxygen atoms in total. The highest BCUT2D eigenvalue weighted by Gasteiger charge is 2.20. The van der Waals surface area contributed by atoms with Crippen molar-refractivity contribution in [3.63, 3.8) is 0 Å². The summed E-state index contributed by atoms with van der Waals surface area (Å²) in [5.74, 6) is 6.39. The first-order chi connectivity index (χ1) is 8.79. The number of aliphatic hydroxyl groups excluding tert-OH is 1. The van der Waals surface area contributed by atoms with Crippen LogP contribution in [-0.4, -0.2) is 18.3 Å². The van der Waals surface area contributed by atoms with Crippen molar-refractivity contribution in [2.24, 2.45) is 5.92 Å². The zero-order valence-electron chi connectivity index (χ0n) is 10.3. The molecule has 0 heterocycles. The second-order valence-corrected chi connectivity index (χ2v) is 4.50. The van der Waals surface area contributed by atoms with Crippen molar-refractivity contribution in [3.05, 3.63) is 29.6 Å². The molecule has 18 heavy (non-hydrogen) atoms. The molecule has 1 saturated carbocycles. The van der Waals surface area contributed by atoms with E-state index in [2.05, 4.69) is 11.8 Å². The van der Waals surface area contributed by atoms with Crippen LogP contribution in [0.4, 0.5) is 4.39 Å². The first-order valence-electron chi connectivity index (χ1n) is 6.31. The molecule has 0 aliphatic heterocycles. The Kier molecular flexibility index (Phi) is 4.60. The lowest BCUT2D eigenvalue weighted by Crippen LogP contribution is -1.99. The molecule has 1 aliphatic carbocycles.